The van der Waals surface area contributed by atoms with Crippen LogP contribution < -0.4 is 9.80 Å². The van der Waals surface area contributed by atoms with Gasteiger partial charge in [-0.1, -0.05) is 41.9 Å². The van der Waals surface area contributed by atoms with E-state index in [9.17, 15) is 0 Å². The molecule has 0 bridgehead atoms. The highest BCUT2D eigenvalue weighted by Crippen LogP contribution is 2.30. The topological polar surface area (TPSA) is 50.1 Å². The van der Waals surface area contributed by atoms with Crippen molar-refractivity contribution >= 4 is 33.9 Å². The number of hydrogen-bond acceptors (Lipinski definition) is 5. The van der Waals surface area contributed by atoms with Crippen LogP contribution in [0.25, 0.3) is 16.6 Å². The zero-order valence-electron chi connectivity index (χ0n) is 18.0. The van der Waals surface area contributed by atoms with Crippen molar-refractivity contribution in [2.75, 3.05) is 36.0 Å². The monoisotopic (exact) mass is 432 g/mol. The normalized spacial score (nSPS) is 14.5. The number of rotatable bonds is 3. The van der Waals surface area contributed by atoms with Gasteiger partial charge < -0.3 is 9.80 Å². The molecule has 7 heteroatoms. The zero-order chi connectivity index (χ0) is 21.5. The molecule has 0 amide bonds. The lowest BCUT2D eigenvalue weighted by Crippen LogP contribution is -2.47. The summed E-state index contributed by atoms with van der Waals surface area (Å²) < 4.78 is 1.88. The first-order chi connectivity index (χ1) is 15.0. The minimum absolute atomic E-state index is 0.776. The smallest absolute Gasteiger partial charge is 0.183 e. The van der Waals surface area contributed by atoms with Crippen LogP contribution in [0.3, 0.4) is 0 Å². The highest BCUT2D eigenvalue weighted by molar-refractivity contribution is 6.30. The van der Waals surface area contributed by atoms with E-state index in [2.05, 4.69) is 68.4 Å². The SMILES string of the molecule is Cc1cc(C)n(-c2nnc(N3CCN(c4cc(Cl)ccc4C)CC3)c3ccccc23)n1. The van der Waals surface area contributed by atoms with Gasteiger partial charge in [0.25, 0.3) is 0 Å². The molecule has 5 rings (SSSR count). The maximum absolute atomic E-state index is 6.24. The van der Waals surface area contributed by atoms with E-state index in [-0.39, 0.29) is 0 Å². The number of anilines is 2. The average Bonchev–Trinajstić information content (AvgIpc) is 3.12. The summed E-state index contributed by atoms with van der Waals surface area (Å²) in [5.41, 5.74) is 4.48. The van der Waals surface area contributed by atoms with Crippen molar-refractivity contribution < 1.29 is 0 Å². The van der Waals surface area contributed by atoms with Crippen molar-refractivity contribution in [3.63, 3.8) is 0 Å². The molecule has 2 aromatic heterocycles. The minimum Gasteiger partial charge on any atom is -0.368 e. The number of halogens is 1. The van der Waals surface area contributed by atoms with Crippen molar-refractivity contribution in [1.29, 1.82) is 0 Å². The summed E-state index contributed by atoms with van der Waals surface area (Å²) in [5.74, 6) is 1.71. The fourth-order valence-corrected chi connectivity index (χ4v) is 4.56. The van der Waals surface area contributed by atoms with Crippen LogP contribution in [-0.4, -0.2) is 46.2 Å². The number of aromatic nitrogens is 4. The fraction of sp³-hybridized carbons (Fsp3) is 0.292. The number of nitrogens with zero attached hydrogens (tertiary/aromatic N) is 6. The van der Waals surface area contributed by atoms with Crippen LogP contribution >= 0.6 is 11.6 Å². The van der Waals surface area contributed by atoms with Crippen LogP contribution in [0.1, 0.15) is 17.0 Å². The number of aryl methyl sites for hydroxylation is 3. The third-order valence-corrected chi connectivity index (χ3v) is 6.18. The van der Waals surface area contributed by atoms with E-state index >= 15 is 0 Å². The maximum atomic E-state index is 6.24. The Morgan fingerprint density at radius 3 is 2.10 bits per heavy atom. The molecular formula is C24H25ClN6. The van der Waals surface area contributed by atoms with E-state index < -0.39 is 0 Å². The summed E-state index contributed by atoms with van der Waals surface area (Å²) in [4.78, 5) is 4.73. The molecule has 1 fully saturated rings. The van der Waals surface area contributed by atoms with Gasteiger partial charge in [0.05, 0.1) is 5.69 Å². The van der Waals surface area contributed by atoms with Gasteiger partial charge >= 0.3 is 0 Å². The number of benzene rings is 2. The van der Waals surface area contributed by atoms with Gasteiger partial charge in [-0.3, -0.25) is 0 Å². The number of hydrogen-bond donors (Lipinski definition) is 0. The summed E-state index contributed by atoms with van der Waals surface area (Å²) >= 11 is 6.24. The molecule has 6 nitrogen and oxygen atoms in total. The first-order valence-corrected chi connectivity index (χ1v) is 10.9. The molecule has 0 N–H and O–H groups in total. The Morgan fingerprint density at radius 2 is 1.42 bits per heavy atom. The Balaban J connectivity index is 1.46. The Morgan fingerprint density at radius 1 is 0.774 bits per heavy atom. The second kappa shape index (κ2) is 7.85. The second-order valence-corrected chi connectivity index (χ2v) is 8.57. The Labute approximate surface area is 187 Å². The standard InChI is InChI=1S/C24H25ClN6/c1-16-8-9-19(25)15-22(16)29-10-12-30(13-11-29)23-20-6-4-5-7-21(20)24(27-26-23)31-18(3)14-17(2)28-31/h4-9,14-15H,10-13H2,1-3H3. The van der Waals surface area contributed by atoms with Gasteiger partial charge in [-0.15, -0.1) is 10.2 Å². The van der Waals surface area contributed by atoms with Crippen molar-refractivity contribution in [1.82, 2.24) is 20.0 Å². The molecule has 1 saturated heterocycles. The molecule has 1 aliphatic heterocycles. The van der Waals surface area contributed by atoms with Crippen LogP contribution in [0.15, 0.2) is 48.5 Å². The fourth-order valence-electron chi connectivity index (χ4n) is 4.39. The zero-order valence-corrected chi connectivity index (χ0v) is 18.8. The molecule has 0 saturated carbocycles. The van der Waals surface area contributed by atoms with Gasteiger partial charge in [-0.25, -0.2) is 4.68 Å². The van der Waals surface area contributed by atoms with Crippen LogP contribution in [0.5, 0.6) is 0 Å². The molecule has 31 heavy (non-hydrogen) atoms. The van der Waals surface area contributed by atoms with Crippen molar-refractivity contribution in [3.8, 4) is 5.82 Å². The van der Waals surface area contributed by atoms with E-state index in [1.807, 2.05) is 30.7 Å². The Kier molecular flexibility index (Phi) is 5.02. The minimum atomic E-state index is 0.776. The van der Waals surface area contributed by atoms with Gasteiger partial charge in [0.15, 0.2) is 11.6 Å². The molecule has 1 aliphatic rings. The second-order valence-electron chi connectivity index (χ2n) is 8.14. The lowest BCUT2D eigenvalue weighted by molar-refractivity contribution is 0.643. The van der Waals surface area contributed by atoms with Crippen LogP contribution in [0.4, 0.5) is 11.5 Å². The number of piperazine rings is 1. The van der Waals surface area contributed by atoms with Crippen LogP contribution in [-0.2, 0) is 0 Å². The summed E-state index contributed by atoms with van der Waals surface area (Å²) in [5, 5.41) is 16.8. The van der Waals surface area contributed by atoms with E-state index in [1.54, 1.807) is 0 Å². The molecule has 0 atom stereocenters. The van der Waals surface area contributed by atoms with Crippen molar-refractivity contribution in [3.05, 3.63) is 70.5 Å². The van der Waals surface area contributed by atoms with E-state index in [1.165, 1.54) is 11.3 Å². The molecular weight excluding hydrogens is 408 g/mol. The van der Waals surface area contributed by atoms with Crippen LogP contribution in [0, 0.1) is 20.8 Å². The predicted molar refractivity (Wildman–Crippen MR) is 127 cm³/mol. The summed E-state index contributed by atoms with van der Waals surface area (Å²) in [7, 11) is 0. The molecule has 2 aromatic carbocycles. The van der Waals surface area contributed by atoms with Gasteiger partial charge in [0.2, 0.25) is 0 Å². The molecule has 4 aromatic rings. The van der Waals surface area contributed by atoms with Gasteiger partial charge in [0.1, 0.15) is 0 Å². The van der Waals surface area contributed by atoms with Crippen molar-refractivity contribution in [2.24, 2.45) is 0 Å². The summed E-state index contributed by atoms with van der Waals surface area (Å²) in [6.07, 6.45) is 0. The Hall–Kier alpha value is -3.12. The van der Waals surface area contributed by atoms with Crippen molar-refractivity contribution in [2.45, 2.75) is 20.8 Å². The maximum Gasteiger partial charge on any atom is 0.183 e. The van der Waals surface area contributed by atoms with Gasteiger partial charge in [-0.2, -0.15) is 5.10 Å². The highest BCUT2D eigenvalue weighted by Gasteiger charge is 2.23. The van der Waals surface area contributed by atoms with Gasteiger partial charge in [0, 0.05) is 53.4 Å². The third kappa shape index (κ3) is 3.61. The lowest BCUT2D eigenvalue weighted by Gasteiger charge is -2.37. The van der Waals surface area contributed by atoms with Crippen LogP contribution in [0.2, 0.25) is 5.02 Å². The van der Waals surface area contributed by atoms with E-state index in [0.717, 1.165) is 65.0 Å². The highest BCUT2D eigenvalue weighted by atomic mass is 35.5. The van der Waals surface area contributed by atoms with E-state index in [0.29, 0.717) is 0 Å². The van der Waals surface area contributed by atoms with E-state index in [4.69, 9.17) is 11.6 Å². The lowest BCUT2D eigenvalue weighted by atomic mass is 10.1. The molecule has 158 valence electrons. The molecule has 0 spiro atoms. The first kappa shape index (κ1) is 19.8. The number of fused-ring (bicyclic) bond motifs is 1. The molecule has 0 radical (unpaired) electrons. The predicted octanol–water partition coefficient (Wildman–Crippen LogP) is 4.72. The first-order valence-electron chi connectivity index (χ1n) is 10.6. The van der Waals surface area contributed by atoms with Gasteiger partial charge in [-0.05, 0) is 44.5 Å². The Bertz CT molecular complexity index is 1260. The molecule has 3 heterocycles. The quantitative estimate of drug-likeness (QED) is 0.468. The summed E-state index contributed by atoms with van der Waals surface area (Å²) in [6, 6.07) is 16.5. The molecule has 0 aliphatic carbocycles. The average molecular weight is 433 g/mol. The summed E-state index contributed by atoms with van der Waals surface area (Å²) in [6.45, 7) is 9.76. The molecule has 0 unspecified atom stereocenters. The third-order valence-electron chi connectivity index (χ3n) is 5.95. The largest absolute Gasteiger partial charge is 0.368 e.